The zero-order valence-corrected chi connectivity index (χ0v) is 13.8. The Hall–Kier alpha value is -1.77. The van der Waals surface area contributed by atoms with Gasteiger partial charge in [-0.3, -0.25) is 15.0 Å². The van der Waals surface area contributed by atoms with Gasteiger partial charge >= 0.3 is 0 Å². The van der Waals surface area contributed by atoms with Gasteiger partial charge in [-0.1, -0.05) is 31.2 Å². The quantitative estimate of drug-likeness (QED) is 0.602. The second-order valence-corrected chi connectivity index (χ2v) is 7.48. The van der Waals surface area contributed by atoms with Crippen molar-refractivity contribution in [3.63, 3.8) is 0 Å². The monoisotopic (exact) mass is 339 g/mol. The summed E-state index contributed by atoms with van der Waals surface area (Å²) in [5.74, 6) is 0. The van der Waals surface area contributed by atoms with E-state index in [1.807, 2.05) is 11.0 Å². The summed E-state index contributed by atoms with van der Waals surface area (Å²) in [5, 5.41) is 10.6. The third-order valence-corrected chi connectivity index (χ3v) is 5.76. The minimum Gasteiger partial charge on any atom is -0.298 e. The molecular formula is C15H21N3O4S. The summed E-state index contributed by atoms with van der Waals surface area (Å²) in [6, 6.07) is 6.54. The standard InChI is InChI=1S/C15H21N3O4S/c1-2-16-23(21,22)14-9-11-17(12-14)10-5-7-13-6-3-4-8-15(13)18(19)20/h3-8,14,16H,2,9-12H2,1H3. The van der Waals surface area contributed by atoms with Crippen molar-refractivity contribution in [2.45, 2.75) is 18.6 Å². The molecule has 1 atom stereocenters. The molecule has 1 N–H and O–H groups in total. The fourth-order valence-electron chi connectivity index (χ4n) is 2.66. The summed E-state index contributed by atoms with van der Waals surface area (Å²) in [6.07, 6.45) is 4.16. The average Bonchev–Trinajstić information content (AvgIpc) is 2.97. The Labute approximate surface area is 136 Å². The smallest absolute Gasteiger partial charge is 0.276 e. The summed E-state index contributed by atoms with van der Waals surface area (Å²) in [4.78, 5) is 12.6. The highest BCUT2D eigenvalue weighted by Crippen LogP contribution is 2.20. The lowest BCUT2D eigenvalue weighted by atomic mass is 10.1. The molecule has 8 heteroatoms. The van der Waals surface area contributed by atoms with Crippen LogP contribution in [0.15, 0.2) is 30.3 Å². The fraction of sp³-hybridized carbons (Fsp3) is 0.467. The Balaban J connectivity index is 1.94. The van der Waals surface area contributed by atoms with Crippen molar-refractivity contribution >= 4 is 21.8 Å². The molecule has 2 rings (SSSR count). The lowest BCUT2D eigenvalue weighted by molar-refractivity contribution is -0.385. The number of hydrogen-bond acceptors (Lipinski definition) is 5. The molecular weight excluding hydrogens is 318 g/mol. The molecule has 1 saturated heterocycles. The molecule has 1 aliphatic rings. The number of para-hydroxylation sites is 1. The number of nitro benzene ring substituents is 1. The van der Waals surface area contributed by atoms with Crippen molar-refractivity contribution < 1.29 is 13.3 Å². The molecule has 23 heavy (non-hydrogen) atoms. The first-order valence-corrected chi connectivity index (χ1v) is 9.09. The third-order valence-electron chi connectivity index (χ3n) is 3.81. The normalized spacial score (nSPS) is 19.4. The number of rotatable bonds is 7. The topological polar surface area (TPSA) is 92.6 Å². The lowest BCUT2D eigenvalue weighted by Gasteiger charge is -2.14. The Bertz CT molecular complexity index is 688. The fourth-order valence-corrected chi connectivity index (χ4v) is 4.12. The molecule has 0 spiro atoms. The van der Waals surface area contributed by atoms with Gasteiger partial charge in [-0.05, 0) is 19.0 Å². The number of nitrogens with one attached hydrogen (secondary N) is 1. The van der Waals surface area contributed by atoms with Gasteiger partial charge in [0.1, 0.15) is 0 Å². The highest BCUT2D eigenvalue weighted by atomic mass is 32.2. The van der Waals surface area contributed by atoms with Crippen molar-refractivity contribution in [3.8, 4) is 0 Å². The van der Waals surface area contributed by atoms with E-state index < -0.39 is 14.9 Å². The van der Waals surface area contributed by atoms with Crippen molar-refractivity contribution in [3.05, 3.63) is 46.0 Å². The van der Waals surface area contributed by atoms with E-state index in [1.165, 1.54) is 6.07 Å². The van der Waals surface area contributed by atoms with Crippen LogP contribution in [0.5, 0.6) is 0 Å². The third kappa shape index (κ3) is 4.60. The van der Waals surface area contributed by atoms with Gasteiger partial charge in [0.05, 0.1) is 15.7 Å². The van der Waals surface area contributed by atoms with Crippen LogP contribution in [-0.4, -0.2) is 49.7 Å². The number of sulfonamides is 1. The van der Waals surface area contributed by atoms with Crippen molar-refractivity contribution in [1.82, 2.24) is 9.62 Å². The maximum Gasteiger partial charge on any atom is 0.276 e. The van der Waals surface area contributed by atoms with E-state index in [-0.39, 0.29) is 10.9 Å². The van der Waals surface area contributed by atoms with Gasteiger partial charge in [0.15, 0.2) is 0 Å². The molecule has 1 aromatic carbocycles. The maximum atomic E-state index is 12.0. The van der Waals surface area contributed by atoms with Crippen molar-refractivity contribution in [2.24, 2.45) is 0 Å². The van der Waals surface area contributed by atoms with Crippen LogP contribution in [0.25, 0.3) is 6.08 Å². The first-order chi connectivity index (χ1) is 10.9. The largest absolute Gasteiger partial charge is 0.298 e. The van der Waals surface area contributed by atoms with E-state index in [4.69, 9.17) is 0 Å². The summed E-state index contributed by atoms with van der Waals surface area (Å²) < 4.78 is 26.5. The second kappa shape index (κ2) is 7.67. The lowest BCUT2D eigenvalue weighted by Crippen LogP contribution is -2.36. The van der Waals surface area contributed by atoms with Crippen molar-refractivity contribution in [1.29, 1.82) is 0 Å². The summed E-state index contributed by atoms with van der Waals surface area (Å²) >= 11 is 0. The number of nitrogens with zero attached hydrogens (tertiary/aromatic N) is 2. The summed E-state index contributed by atoms with van der Waals surface area (Å²) in [7, 11) is -3.24. The molecule has 0 amide bonds. The van der Waals surface area contributed by atoms with Gasteiger partial charge in [-0.2, -0.15) is 0 Å². The van der Waals surface area contributed by atoms with Gasteiger partial charge in [0.2, 0.25) is 10.0 Å². The Morgan fingerprint density at radius 1 is 1.43 bits per heavy atom. The minimum atomic E-state index is -3.24. The van der Waals surface area contributed by atoms with Crippen LogP contribution in [0.1, 0.15) is 18.9 Å². The number of benzene rings is 1. The second-order valence-electron chi connectivity index (χ2n) is 5.43. The molecule has 1 heterocycles. The number of nitro groups is 1. The molecule has 0 saturated carbocycles. The molecule has 0 bridgehead atoms. The molecule has 1 unspecified atom stereocenters. The van der Waals surface area contributed by atoms with E-state index in [0.29, 0.717) is 38.2 Å². The minimum absolute atomic E-state index is 0.0674. The van der Waals surface area contributed by atoms with Crippen LogP contribution in [0.4, 0.5) is 5.69 Å². The van der Waals surface area contributed by atoms with E-state index in [9.17, 15) is 18.5 Å². The van der Waals surface area contributed by atoms with Crippen LogP contribution >= 0.6 is 0 Å². The van der Waals surface area contributed by atoms with Gasteiger partial charge in [-0.15, -0.1) is 0 Å². The van der Waals surface area contributed by atoms with Crippen molar-refractivity contribution in [2.75, 3.05) is 26.2 Å². The molecule has 1 aliphatic heterocycles. The molecule has 0 radical (unpaired) electrons. The predicted octanol–water partition coefficient (Wildman–Crippen LogP) is 1.62. The van der Waals surface area contributed by atoms with Gasteiger partial charge in [0.25, 0.3) is 5.69 Å². The average molecular weight is 339 g/mol. The maximum absolute atomic E-state index is 12.0. The van der Waals surface area contributed by atoms with Crippen LogP contribution < -0.4 is 4.72 Å². The van der Waals surface area contributed by atoms with Gasteiger partial charge in [0, 0.05) is 25.7 Å². The molecule has 0 aromatic heterocycles. The van der Waals surface area contributed by atoms with E-state index in [2.05, 4.69) is 4.72 Å². The van der Waals surface area contributed by atoms with E-state index >= 15 is 0 Å². The molecule has 0 aliphatic carbocycles. The van der Waals surface area contributed by atoms with Crippen LogP contribution in [-0.2, 0) is 10.0 Å². The highest BCUT2D eigenvalue weighted by molar-refractivity contribution is 7.90. The Morgan fingerprint density at radius 3 is 2.87 bits per heavy atom. The Kier molecular flexibility index (Phi) is 5.86. The predicted molar refractivity (Wildman–Crippen MR) is 89.6 cm³/mol. The SMILES string of the molecule is CCNS(=O)(=O)C1CCN(CC=Cc2ccccc2[N+](=O)[O-])C1. The highest BCUT2D eigenvalue weighted by Gasteiger charge is 2.31. The zero-order valence-electron chi connectivity index (χ0n) is 13.0. The zero-order chi connectivity index (χ0) is 16.9. The Morgan fingerprint density at radius 2 is 2.17 bits per heavy atom. The first kappa shape index (κ1) is 17.6. The van der Waals surface area contributed by atoms with E-state index in [1.54, 1.807) is 31.2 Å². The summed E-state index contributed by atoms with van der Waals surface area (Å²) in [5.41, 5.74) is 0.617. The molecule has 126 valence electrons. The molecule has 7 nitrogen and oxygen atoms in total. The van der Waals surface area contributed by atoms with Gasteiger partial charge in [-0.25, -0.2) is 13.1 Å². The molecule has 1 fully saturated rings. The van der Waals surface area contributed by atoms with Crippen LogP contribution in [0.2, 0.25) is 0 Å². The van der Waals surface area contributed by atoms with Gasteiger partial charge < -0.3 is 0 Å². The van der Waals surface area contributed by atoms with Crippen LogP contribution in [0, 0.1) is 10.1 Å². The summed E-state index contributed by atoms with van der Waals surface area (Å²) in [6.45, 7) is 3.92. The number of hydrogen-bond donors (Lipinski definition) is 1. The first-order valence-electron chi connectivity index (χ1n) is 7.55. The van der Waals surface area contributed by atoms with E-state index in [0.717, 1.165) is 0 Å². The molecule has 1 aromatic rings. The number of likely N-dealkylation sites (tertiary alicyclic amines) is 1. The van der Waals surface area contributed by atoms with Crippen LogP contribution in [0.3, 0.4) is 0 Å².